The number of carbonyl (C=O) groups is 1. The number of nitrogens with zero attached hydrogens (tertiary/aromatic N) is 1. The van der Waals surface area contributed by atoms with Crippen LogP contribution < -0.4 is 5.32 Å². The van der Waals surface area contributed by atoms with Gasteiger partial charge in [-0.05, 0) is 18.2 Å². The van der Waals surface area contributed by atoms with Crippen molar-refractivity contribution in [3.05, 3.63) is 23.8 Å². The smallest absolute Gasteiger partial charge is 0.226 e. The Balaban J connectivity index is 2.89. The lowest BCUT2D eigenvalue weighted by Crippen LogP contribution is -2.17. The maximum atomic E-state index is 11.3. The van der Waals surface area contributed by atoms with Gasteiger partial charge in [-0.3, -0.25) is 4.79 Å². The third-order valence-corrected chi connectivity index (χ3v) is 1.91. The molecule has 0 radical (unpaired) electrons. The van der Waals surface area contributed by atoms with Gasteiger partial charge in [-0.15, -0.1) is 0 Å². The van der Waals surface area contributed by atoms with Crippen LogP contribution in [0.4, 0.5) is 5.69 Å². The van der Waals surface area contributed by atoms with Crippen LogP contribution in [0.5, 0.6) is 5.75 Å². The summed E-state index contributed by atoms with van der Waals surface area (Å²) in [4.78, 5) is 11.3. The normalized spacial score (nSPS) is 9.73. The summed E-state index contributed by atoms with van der Waals surface area (Å²) in [6, 6.07) is 6.21. The third kappa shape index (κ3) is 2.71. The minimum absolute atomic E-state index is 0.0833. The van der Waals surface area contributed by atoms with Crippen LogP contribution in [-0.4, -0.2) is 11.0 Å². The van der Waals surface area contributed by atoms with Crippen molar-refractivity contribution in [2.45, 2.75) is 13.8 Å². The van der Waals surface area contributed by atoms with Crippen LogP contribution in [0.2, 0.25) is 0 Å². The molecule has 4 nitrogen and oxygen atoms in total. The Morgan fingerprint density at radius 3 is 2.73 bits per heavy atom. The van der Waals surface area contributed by atoms with E-state index < -0.39 is 0 Å². The van der Waals surface area contributed by atoms with Crippen molar-refractivity contribution in [3.8, 4) is 11.8 Å². The fourth-order valence-electron chi connectivity index (χ4n) is 0.990. The number of anilines is 1. The van der Waals surface area contributed by atoms with Gasteiger partial charge >= 0.3 is 0 Å². The highest BCUT2D eigenvalue weighted by Gasteiger charge is 2.08. The Labute approximate surface area is 88.2 Å². The van der Waals surface area contributed by atoms with E-state index >= 15 is 0 Å². The van der Waals surface area contributed by atoms with Crippen molar-refractivity contribution in [2.75, 3.05) is 5.32 Å². The van der Waals surface area contributed by atoms with Crippen molar-refractivity contribution >= 4 is 11.6 Å². The van der Waals surface area contributed by atoms with Crippen LogP contribution >= 0.6 is 0 Å². The van der Waals surface area contributed by atoms with Crippen LogP contribution in [0.25, 0.3) is 0 Å². The number of phenolic OH excluding ortho intramolecular Hbond substituents is 1. The molecule has 0 atom stereocenters. The van der Waals surface area contributed by atoms with Gasteiger partial charge in [0.15, 0.2) is 0 Å². The number of hydrogen-bond acceptors (Lipinski definition) is 3. The Morgan fingerprint density at radius 1 is 1.53 bits per heavy atom. The molecule has 2 N–H and O–H groups in total. The average molecular weight is 204 g/mol. The molecule has 0 fully saturated rings. The zero-order valence-electron chi connectivity index (χ0n) is 8.61. The summed E-state index contributed by atoms with van der Waals surface area (Å²) in [6.07, 6.45) is 0. The number of rotatable bonds is 2. The summed E-state index contributed by atoms with van der Waals surface area (Å²) in [5.74, 6) is -0.325. The molecule has 0 spiro atoms. The van der Waals surface area contributed by atoms with Gasteiger partial charge in [-0.1, -0.05) is 13.8 Å². The molecular weight excluding hydrogens is 192 g/mol. The Bertz CT molecular complexity index is 419. The molecule has 0 bridgehead atoms. The van der Waals surface area contributed by atoms with Gasteiger partial charge in [-0.2, -0.15) is 5.26 Å². The first kappa shape index (κ1) is 11.1. The van der Waals surface area contributed by atoms with E-state index in [-0.39, 0.29) is 23.1 Å². The predicted molar refractivity (Wildman–Crippen MR) is 56.3 cm³/mol. The molecule has 0 aromatic heterocycles. The van der Waals surface area contributed by atoms with E-state index in [1.165, 1.54) is 12.1 Å². The standard InChI is InChI=1S/C11H12N2O2/c1-7(2)11(15)13-9-3-4-10(14)8(5-9)6-12/h3-5,7,14H,1-2H3,(H,13,15). The lowest BCUT2D eigenvalue weighted by molar-refractivity contribution is -0.118. The first-order valence-corrected chi connectivity index (χ1v) is 4.58. The highest BCUT2D eigenvalue weighted by molar-refractivity contribution is 5.92. The molecule has 0 heterocycles. The average Bonchev–Trinajstić information content (AvgIpc) is 2.20. The molecule has 0 saturated carbocycles. The number of hydrogen-bond donors (Lipinski definition) is 2. The predicted octanol–water partition coefficient (Wildman–Crippen LogP) is 1.86. The minimum Gasteiger partial charge on any atom is -0.507 e. The van der Waals surface area contributed by atoms with E-state index in [2.05, 4.69) is 5.32 Å². The summed E-state index contributed by atoms with van der Waals surface area (Å²) >= 11 is 0. The third-order valence-electron chi connectivity index (χ3n) is 1.91. The fraction of sp³-hybridized carbons (Fsp3) is 0.273. The van der Waals surface area contributed by atoms with Crippen molar-refractivity contribution in [2.24, 2.45) is 5.92 Å². The summed E-state index contributed by atoms with van der Waals surface area (Å²) in [6.45, 7) is 3.56. The molecule has 1 aromatic rings. The molecule has 0 aliphatic rings. The number of phenols is 1. The largest absolute Gasteiger partial charge is 0.507 e. The fourth-order valence-corrected chi connectivity index (χ4v) is 0.990. The van der Waals surface area contributed by atoms with E-state index in [9.17, 15) is 9.90 Å². The molecule has 0 saturated heterocycles. The number of benzene rings is 1. The van der Waals surface area contributed by atoms with Gasteiger partial charge in [0.2, 0.25) is 5.91 Å². The zero-order valence-corrected chi connectivity index (χ0v) is 8.61. The van der Waals surface area contributed by atoms with E-state index in [0.29, 0.717) is 5.69 Å². The molecular formula is C11H12N2O2. The molecule has 0 aliphatic carbocycles. The van der Waals surface area contributed by atoms with Crippen LogP contribution in [0.1, 0.15) is 19.4 Å². The number of amides is 1. The molecule has 1 aromatic carbocycles. The zero-order chi connectivity index (χ0) is 11.4. The van der Waals surface area contributed by atoms with Crippen LogP contribution in [0.3, 0.4) is 0 Å². The first-order valence-electron chi connectivity index (χ1n) is 4.58. The first-order chi connectivity index (χ1) is 7.04. The maximum Gasteiger partial charge on any atom is 0.226 e. The molecule has 4 heteroatoms. The lowest BCUT2D eigenvalue weighted by atomic mass is 10.1. The van der Waals surface area contributed by atoms with Gasteiger partial charge in [0.05, 0.1) is 5.56 Å². The van der Waals surface area contributed by atoms with Crippen LogP contribution in [0.15, 0.2) is 18.2 Å². The van der Waals surface area contributed by atoms with Gasteiger partial charge in [0.1, 0.15) is 11.8 Å². The quantitative estimate of drug-likeness (QED) is 0.722. The summed E-state index contributed by atoms with van der Waals surface area (Å²) in [7, 11) is 0. The number of aromatic hydroxyl groups is 1. The SMILES string of the molecule is CC(C)C(=O)Nc1ccc(O)c(C#N)c1. The monoisotopic (exact) mass is 204 g/mol. The lowest BCUT2D eigenvalue weighted by Gasteiger charge is -2.08. The van der Waals surface area contributed by atoms with Gasteiger partial charge in [0.25, 0.3) is 0 Å². The van der Waals surface area contributed by atoms with Crippen molar-refractivity contribution < 1.29 is 9.90 Å². The van der Waals surface area contributed by atoms with Crippen molar-refractivity contribution in [1.29, 1.82) is 5.26 Å². The Kier molecular flexibility index (Phi) is 3.29. The van der Waals surface area contributed by atoms with Crippen molar-refractivity contribution in [3.63, 3.8) is 0 Å². The van der Waals surface area contributed by atoms with E-state index in [4.69, 9.17) is 5.26 Å². The second kappa shape index (κ2) is 4.47. The number of nitriles is 1. The Morgan fingerprint density at radius 2 is 2.20 bits per heavy atom. The summed E-state index contributed by atoms with van der Waals surface area (Å²) in [5.41, 5.74) is 0.666. The van der Waals surface area contributed by atoms with Gasteiger partial charge in [0, 0.05) is 11.6 Å². The molecule has 0 aliphatic heterocycles. The summed E-state index contributed by atoms with van der Waals surface area (Å²) < 4.78 is 0. The minimum atomic E-state index is -0.121. The highest BCUT2D eigenvalue weighted by Crippen LogP contribution is 2.20. The number of nitrogens with one attached hydrogen (secondary N) is 1. The molecule has 0 unspecified atom stereocenters. The molecule has 1 rings (SSSR count). The van der Waals surface area contributed by atoms with Crippen LogP contribution in [-0.2, 0) is 4.79 Å². The van der Waals surface area contributed by atoms with Gasteiger partial charge in [-0.25, -0.2) is 0 Å². The van der Waals surface area contributed by atoms with E-state index in [0.717, 1.165) is 0 Å². The maximum absolute atomic E-state index is 11.3. The van der Waals surface area contributed by atoms with Crippen molar-refractivity contribution in [1.82, 2.24) is 0 Å². The highest BCUT2D eigenvalue weighted by atomic mass is 16.3. The molecule has 78 valence electrons. The van der Waals surface area contributed by atoms with E-state index in [1.807, 2.05) is 6.07 Å². The Hall–Kier alpha value is -2.02. The van der Waals surface area contributed by atoms with Gasteiger partial charge < -0.3 is 10.4 Å². The molecule has 1 amide bonds. The number of carbonyl (C=O) groups excluding carboxylic acids is 1. The molecule has 15 heavy (non-hydrogen) atoms. The second-order valence-electron chi connectivity index (χ2n) is 3.49. The van der Waals surface area contributed by atoms with E-state index in [1.54, 1.807) is 19.9 Å². The second-order valence-corrected chi connectivity index (χ2v) is 3.49. The topological polar surface area (TPSA) is 73.1 Å². The van der Waals surface area contributed by atoms with Crippen LogP contribution in [0, 0.1) is 17.2 Å². The summed E-state index contributed by atoms with van der Waals surface area (Å²) in [5, 5.41) is 20.5.